The average Bonchev–Trinajstić information content (AvgIpc) is 2.81. The van der Waals surface area contributed by atoms with E-state index >= 15 is 0 Å². The van der Waals surface area contributed by atoms with Crippen molar-refractivity contribution < 1.29 is 4.79 Å². The summed E-state index contributed by atoms with van der Waals surface area (Å²) in [5.74, 6) is 0.0968. The number of hydrogen-bond acceptors (Lipinski definition) is 2. The number of anilines is 1. The summed E-state index contributed by atoms with van der Waals surface area (Å²) in [5.41, 5.74) is 3.13. The lowest BCUT2D eigenvalue weighted by Crippen LogP contribution is -2.48. The Kier molecular flexibility index (Phi) is 8.06. The molecule has 3 aromatic rings. The summed E-state index contributed by atoms with van der Waals surface area (Å²) in [6, 6.07) is 30.7. The molecule has 0 aliphatic carbocycles. The number of hydrogen-bond donors (Lipinski definition) is 0. The largest absolute Gasteiger partial charge is 0.305 e. The Hall–Kier alpha value is -2.62. The fourth-order valence-corrected chi connectivity index (χ4v) is 4.14. The van der Waals surface area contributed by atoms with Crippen molar-refractivity contribution in [1.29, 1.82) is 0 Å². The number of para-hydroxylation sites is 1. The van der Waals surface area contributed by atoms with E-state index in [9.17, 15) is 4.79 Å². The number of carbonyl (C=O) groups excluding carboxylic acids is 1. The molecule has 3 aromatic carbocycles. The number of rotatable bonds is 6. The number of nitrogens with zero attached hydrogens (tertiary/aromatic N) is 2. The minimum Gasteiger partial charge on any atom is -0.305 e. The Balaban J connectivity index is 0.00000256. The van der Waals surface area contributed by atoms with Crippen LogP contribution in [-0.2, 0) is 6.42 Å². The molecule has 3 nitrogen and oxygen atoms in total. The summed E-state index contributed by atoms with van der Waals surface area (Å²) in [6.07, 6.45) is 3.08. The van der Waals surface area contributed by atoms with Crippen LogP contribution in [0.2, 0.25) is 0 Å². The van der Waals surface area contributed by atoms with Gasteiger partial charge in [0, 0.05) is 36.9 Å². The van der Waals surface area contributed by atoms with Crippen molar-refractivity contribution in [3.8, 4) is 0 Å². The molecule has 4 rings (SSSR count). The summed E-state index contributed by atoms with van der Waals surface area (Å²) in [5, 5.41) is 0. The van der Waals surface area contributed by atoms with Gasteiger partial charge >= 0.3 is 0 Å². The second-order valence-corrected chi connectivity index (χ2v) is 7.69. The van der Waals surface area contributed by atoms with Gasteiger partial charge in [-0.05, 0) is 49.1 Å². The van der Waals surface area contributed by atoms with Crippen LogP contribution in [0.3, 0.4) is 0 Å². The Bertz CT molecular complexity index is 894. The van der Waals surface area contributed by atoms with Crippen LogP contribution >= 0.6 is 12.4 Å². The highest BCUT2D eigenvalue weighted by molar-refractivity contribution is 6.06. The van der Waals surface area contributed by atoms with Crippen molar-refractivity contribution in [1.82, 2.24) is 4.90 Å². The van der Waals surface area contributed by atoms with Crippen molar-refractivity contribution in [2.75, 3.05) is 24.5 Å². The van der Waals surface area contributed by atoms with Crippen molar-refractivity contribution >= 4 is 24.0 Å². The average molecular weight is 421 g/mol. The van der Waals surface area contributed by atoms with Crippen LogP contribution in [0.4, 0.5) is 5.69 Å². The molecule has 0 bridgehead atoms. The maximum atomic E-state index is 13.3. The molecular weight excluding hydrogens is 392 g/mol. The normalized spacial score (nSPS) is 14.7. The maximum absolute atomic E-state index is 13.3. The van der Waals surface area contributed by atoms with Gasteiger partial charge in [-0.15, -0.1) is 12.4 Å². The smallest absolute Gasteiger partial charge is 0.258 e. The molecule has 1 heterocycles. The first kappa shape index (κ1) is 22.1. The molecule has 1 aliphatic heterocycles. The maximum Gasteiger partial charge on any atom is 0.258 e. The van der Waals surface area contributed by atoms with Crippen LogP contribution < -0.4 is 4.90 Å². The van der Waals surface area contributed by atoms with Crippen LogP contribution in [-0.4, -0.2) is 36.5 Å². The topological polar surface area (TPSA) is 23.6 Å². The Labute approximate surface area is 185 Å². The summed E-state index contributed by atoms with van der Waals surface area (Å²) < 4.78 is 0. The number of piperidine rings is 1. The van der Waals surface area contributed by atoms with Crippen LogP contribution in [0.25, 0.3) is 0 Å². The predicted octanol–water partition coefficient (Wildman–Crippen LogP) is 5.46. The first-order valence-corrected chi connectivity index (χ1v) is 10.5. The van der Waals surface area contributed by atoms with Crippen molar-refractivity contribution in [3.05, 3.63) is 102 Å². The monoisotopic (exact) mass is 420 g/mol. The van der Waals surface area contributed by atoms with Gasteiger partial charge in [0.1, 0.15) is 0 Å². The number of amides is 1. The van der Waals surface area contributed by atoms with Gasteiger partial charge in [0.05, 0.1) is 0 Å². The molecule has 0 radical (unpaired) electrons. The van der Waals surface area contributed by atoms with Gasteiger partial charge in [0.25, 0.3) is 5.91 Å². The molecule has 156 valence electrons. The molecule has 4 heteroatoms. The number of likely N-dealkylation sites (tertiary alicyclic amines) is 1. The van der Waals surface area contributed by atoms with E-state index in [0.717, 1.165) is 50.1 Å². The van der Waals surface area contributed by atoms with Gasteiger partial charge in [0.15, 0.2) is 0 Å². The molecule has 0 unspecified atom stereocenters. The van der Waals surface area contributed by atoms with Gasteiger partial charge in [-0.2, -0.15) is 0 Å². The van der Waals surface area contributed by atoms with E-state index in [0.29, 0.717) is 0 Å². The van der Waals surface area contributed by atoms with Crippen LogP contribution in [0.15, 0.2) is 91.0 Å². The highest BCUT2D eigenvalue weighted by Gasteiger charge is 2.29. The zero-order valence-corrected chi connectivity index (χ0v) is 18.0. The van der Waals surface area contributed by atoms with Gasteiger partial charge in [-0.3, -0.25) is 4.79 Å². The van der Waals surface area contributed by atoms with E-state index in [-0.39, 0.29) is 24.4 Å². The minimum absolute atomic E-state index is 0. The molecule has 1 aliphatic rings. The van der Waals surface area contributed by atoms with Gasteiger partial charge in [0.2, 0.25) is 0 Å². The van der Waals surface area contributed by atoms with E-state index in [2.05, 4.69) is 35.2 Å². The number of carbonyl (C=O) groups is 1. The first-order valence-electron chi connectivity index (χ1n) is 10.5. The second kappa shape index (κ2) is 11.0. The third-order valence-electron chi connectivity index (χ3n) is 5.76. The lowest BCUT2D eigenvalue weighted by atomic mass is 10.00. The van der Waals surface area contributed by atoms with E-state index in [4.69, 9.17) is 0 Å². The van der Waals surface area contributed by atoms with Crippen molar-refractivity contribution in [2.45, 2.75) is 25.3 Å². The highest BCUT2D eigenvalue weighted by Crippen LogP contribution is 2.26. The molecule has 0 saturated carbocycles. The van der Waals surface area contributed by atoms with E-state index in [1.807, 2.05) is 65.6 Å². The van der Waals surface area contributed by atoms with Gasteiger partial charge < -0.3 is 9.80 Å². The van der Waals surface area contributed by atoms with Crippen LogP contribution in [0.5, 0.6) is 0 Å². The van der Waals surface area contributed by atoms with E-state index in [1.165, 1.54) is 5.56 Å². The van der Waals surface area contributed by atoms with E-state index < -0.39 is 0 Å². The fourth-order valence-electron chi connectivity index (χ4n) is 4.14. The Morgan fingerprint density at radius 2 is 1.33 bits per heavy atom. The van der Waals surface area contributed by atoms with Crippen LogP contribution in [0.1, 0.15) is 28.8 Å². The molecule has 1 fully saturated rings. The lowest BCUT2D eigenvalue weighted by molar-refractivity contribution is 0.0960. The second-order valence-electron chi connectivity index (χ2n) is 7.69. The molecule has 0 spiro atoms. The lowest BCUT2D eigenvalue weighted by Gasteiger charge is -2.38. The Morgan fingerprint density at radius 3 is 1.93 bits per heavy atom. The molecule has 1 amide bonds. The summed E-state index contributed by atoms with van der Waals surface area (Å²) in [7, 11) is 0. The number of halogens is 1. The zero-order chi connectivity index (χ0) is 19.9. The summed E-state index contributed by atoms with van der Waals surface area (Å²) >= 11 is 0. The molecule has 30 heavy (non-hydrogen) atoms. The van der Waals surface area contributed by atoms with Crippen molar-refractivity contribution in [2.24, 2.45) is 0 Å². The highest BCUT2D eigenvalue weighted by atomic mass is 35.5. The first-order chi connectivity index (χ1) is 14.3. The molecular formula is C26H29ClN2O. The third-order valence-corrected chi connectivity index (χ3v) is 5.76. The predicted molar refractivity (Wildman–Crippen MR) is 127 cm³/mol. The van der Waals surface area contributed by atoms with Crippen LogP contribution in [0, 0.1) is 0 Å². The zero-order valence-electron chi connectivity index (χ0n) is 17.2. The molecule has 1 saturated heterocycles. The fraction of sp³-hybridized carbons (Fsp3) is 0.269. The quantitative estimate of drug-likeness (QED) is 0.528. The SMILES string of the molecule is Cl.O=C(c1ccccc1)N(c1ccccc1)C1CCN(CCc2ccccc2)CC1. The molecule has 0 aromatic heterocycles. The summed E-state index contributed by atoms with van der Waals surface area (Å²) in [6.45, 7) is 3.14. The van der Waals surface area contributed by atoms with Crippen molar-refractivity contribution in [3.63, 3.8) is 0 Å². The third kappa shape index (κ3) is 5.50. The minimum atomic E-state index is 0. The summed E-state index contributed by atoms with van der Waals surface area (Å²) in [4.78, 5) is 17.9. The number of benzene rings is 3. The molecule has 0 N–H and O–H groups in total. The van der Waals surface area contributed by atoms with Gasteiger partial charge in [-0.25, -0.2) is 0 Å². The Morgan fingerprint density at radius 1 is 0.800 bits per heavy atom. The standard InChI is InChI=1S/C26H28N2O.ClH/c29-26(23-12-6-2-7-13-23)28(24-14-8-3-9-15-24)25-17-20-27(21-18-25)19-16-22-10-4-1-5-11-22;/h1-15,25H,16-21H2;1H. The van der Waals surface area contributed by atoms with E-state index in [1.54, 1.807) is 0 Å². The molecule has 0 atom stereocenters. The van der Waals surface area contributed by atoms with Gasteiger partial charge in [-0.1, -0.05) is 66.7 Å².